The van der Waals surface area contributed by atoms with Crippen LogP contribution < -0.4 is 5.32 Å². The predicted octanol–water partition coefficient (Wildman–Crippen LogP) is 1.57. The summed E-state index contributed by atoms with van der Waals surface area (Å²) in [5, 5.41) is 3.13. The Morgan fingerprint density at radius 1 is 1.47 bits per heavy atom. The number of nitrogens with zero attached hydrogens (tertiary/aromatic N) is 2. The van der Waals surface area contributed by atoms with Gasteiger partial charge in [0.15, 0.2) is 0 Å². The van der Waals surface area contributed by atoms with E-state index in [2.05, 4.69) is 10.3 Å². The Labute approximate surface area is 104 Å². The zero-order valence-electron chi connectivity index (χ0n) is 9.53. The third-order valence-electron chi connectivity index (χ3n) is 2.54. The highest BCUT2D eigenvalue weighted by atomic mass is 35.5. The molecular formula is C11H12ClN3O2. The van der Waals surface area contributed by atoms with Gasteiger partial charge in [0.2, 0.25) is 0 Å². The quantitative estimate of drug-likeness (QED) is 0.814. The Morgan fingerprint density at radius 3 is 2.71 bits per heavy atom. The molecule has 1 saturated heterocycles. The highest BCUT2D eigenvalue weighted by Gasteiger charge is 2.44. The molecule has 3 amide bonds. The van der Waals surface area contributed by atoms with Gasteiger partial charge in [0.1, 0.15) is 5.54 Å². The molecule has 1 fully saturated rings. The van der Waals surface area contributed by atoms with Gasteiger partial charge in [0.05, 0.1) is 12.2 Å². The molecule has 2 rings (SSSR count). The lowest BCUT2D eigenvalue weighted by Crippen LogP contribution is -2.40. The van der Waals surface area contributed by atoms with Crippen LogP contribution in [0.4, 0.5) is 4.79 Å². The number of rotatable bonds is 2. The van der Waals surface area contributed by atoms with Gasteiger partial charge in [0.25, 0.3) is 5.91 Å². The molecule has 90 valence electrons. The van der Waals surface area contributed by atoms with Crippen molar-refractivity contribution in [1.82, 2.24) is 15.2 Å². The Morgan fingerprint density at radius 2 is 2.18 bits per heavy atom. The fourth-order valence-corrected chi connectivity index (χ4v) is 1.84. The van der Waals surface area contributed by atoms with Crippen molar-refractivity contribution < 1.29 is 9.59 Å². The first-order valence-electron chi connectivity index (χ1n) is 5.15. The number of hydrogen-bond donors (Lipinski definition) is 1. The van der Waals surface area contributed by atoms with Gasteiger partial charge in [-0.05, 0) is 26.0 Å². The summed E-state index contributed by atoms with van der Waals surface area (Å²) in [6.07, 6.45) is 1.54. The Balaban J connectivity index is 2.20. The molecule has 0 bridgehead atoms. The second kappa shape index (κ2) is 4.00. The summed E-state index contributed by atoms with van der Waals surface area (Å²) in [4.78, 5) is 28.7. The zero-order valence-corrected chi connectivity index (χ0v) is 10.3. The summed E-state index contributed by atoms with van der Waals surface area (Å²) >= 11 is 5.82. The second-order valence-corrected chi connectivity index (χ2v) is 4.85. The van der Waals surface area contributed by atoms with Crippen molar-refractivity contribution in [1.29, 1.82) is 0 Å². The molecule has 0 saturated carbocycles. The van der Waals surface area contributed by atoms with E-state index >= 15 is 0 Å². The van der Waals surface area contributed by atoms with Crippen LogP contribution in [0.2, 0.25) is 5.02 Å². The number of hydrogen-bond acceptors (Lipinski definition) is 3. The molecule has 0 atom stereocenters. The van der Waals surface area contributed by atoms with Crippen LogP contribution in [-0.2, 0) is 11.3 Å². The maximum absolute atomic E-state index is 11.9. The van der Waals surface area contributed by atoms with Gasteiger partial charge in [-0.15, -0.1) is 0 Å². The molecule has 1 aromatic rings. The number of carbonyl (C=O) groups excluding carboxylic acids is 2. The number of amides is 3. The molecule has 0 spiro atoms. The van der Waals surface area contributed by atoms with Crippen LogP contribution in [0.1, 0.15) is 19.5 Å². The first kappa shape index (κ1) is 11.9. The molecule has 1 aromatic heterocycles. The minimum absolute atomic E-state index is 0.134. The topological polar surface area (TPSA) is 62.3 Å². The zero-order chi connectivity index (χ0) is 12.6. The van der Waals surface area contributed by atoms with Crippen LogP contribution in [0.25, 0.3) is 0 Å². The van der Waals surface area contributed by atoms with Crippen LogP contribution >= 0.6 is 11.6 Å². The SMILES string of the molecule is CC1(C)NC(=O)N(Cc2cc(Cl)ccn2)C1=O. The predicted molar refractivity (Wildman–Crippen MR) is 62.4 cm³/mol. The van der Waals surface area contributed by atoms with Crippen LogP contribution in [0, 0.1) is 0 Å². The smallest absolute Gasteiger partial charge is 0.324 e. The van der Waals surface area contributed by atoms with Gasteiger partial charge in [-0.3, -0.25) is 14.7 Å². The fourth-order valence-electron chi connectivity index (χ4n) is 1.66. The molecule has 0 unspecified atom stereocenters. The van der Waals surface area contributed by atoms with E-state index in [0.29, 0.717) is 10.7 Å². The molecule has 6 heteroatoms. The van der Waals surface area contributed by atoms with Crippen LogP contribution in [0.3, 0.4) is 0 Å². The molecule has 5 nitrogen and oxygen atoms in total. The van der Waals surface area contributed by atoms with E-state index in [4.69, 9.17) is 11.6 Å². The number of aromatic nitrogens is 1. The third kappa shape index (κ3) is 2.24. The maximum atomic E-state index is 11.9. The summed E-state index contributed by atoms with van der Waals surface area (Å²) in [6.45, 7) is 3.46. The van der Waals surface area contributed by atoms with Gasteiger partial charge in [0, 0.05) is 11.2 Å². The van der Waals surface area contributed by atoms with E-state index in [1.807, 2.05) is 0 Å². The number of pyridine rings is 1. The van der Waals surface area contributed by atoms with Crippen molar-refractivity contribution >= 4 is 23.5 Å². The first-order valence-corrected chi connectivity index (χ1v) is 5.52. The molecule has 0 aliphatic carbocycles. The van der Waals surface area contributed by atoms with Crippen LogP contribution in [-0.4, -0.2) is 27.4 Å². The summed E-state index contributed by atoms with van der Waals surface area (Å²) in [5.41, 5.74) is -0.269. The largest absolute Gasteiger partial charge is 0.325 e. The van der Waals surface area contributed by atoms with Gasteiger partial charge in [-0.1, -0.05) is 11.6 Å². The fraction of sp³-hybridized carbons (Fsp3) is 0.364. The number of urea groups is 1. The normalized spacial score (nSPS) is 18.4. The standard InChI is InChI=1S/C11H12ClN3O2/c1-11(2)9(16)15(10(17)14-11)6-8-5-7(12)3-4-13-8/h3-5H,6H2,1-2H3,(H,14,17). The Kier molecular flexibility index (Phi) is 2.79. The lowest BCUT2D eigenvalue weighted by atomic mass is 10.1. The van der Waals surface area contributed by atoms with Crippen molar-refractivity contribution in [3.05, 3.63) is 29.0 Å². The van der Waals surface area contributed by atoms with E-state index in [-0.39, 0.29) is 12.5 Å². The maximum Gasteiger partial charge on any atom is 0.325 e. The van der Waals surface area contributed by atoms with Crippen LogP contribution in [0.15, 0.2) is 18.3 Å². The molecule has 1 aliphatic heterocycles. The van der Waals surface area contributed by atoms with E-state index < -0.39 is 11.6 Å². The van der Waals surface area contributed by atoms with Crippen molar-refractivity contribution in [2.75, 3.05) is 0 Å². The average Bonchev–Trinajstić information content (AvgIpc) is 2.41. The monoisotopic (exact) mass is 253 g/mol. The number of imide groups is 1. The third-order valence-corrected chi connectivity index (χ3v) is 2.78. The lowest BCUT2D eigenvalue weighted by Gasteiger charge is -2.15. The molecular weight excluding hydrogens is 242 g/mol. The Bertz CT molecular complexity index is 487. The van der Waals surface area contributed by atoms with Crippen molar-refractivity contribution in [3.63, 3.8) is 0 Å². The summed E-state index contributed by atoms with van der Waals surface area (Å²) in [5.74, 6) is -0.260. The summed E-state index contributed by atoms with van der Waals surface area (Å²) in [6, 6.07) is 2.87. The van der Waals surface area contributed by atoms with Crippen molar-refractivity contribution in [2.24, 2.45) is 0 Å². The van der Waals surface area contributed by atoms with Gasteiger partial charge in [-0.25, -0.2) is 4.79 Å². The van der Waals surface area contributed by atoms with E-state index in [0.717, 1.165) is 4.90 Å². The summed E-state index contributed by atoms with van der Waals surface area (Å²) < 4.78 is 0. The molecule has 1 aliphatic rings. The van der Waals surface area contributed by atoms with E-state index in [9.17, 15) is 9.59 Å². The van der Waals surface area contributed by atoms with Crippen molar-refractivity contribution in [2.45, 2.75) is 25.9 Å². The highest BCUT2D eigenvalue weighted by molar-refractivity contribution is 6.30. The first-order chi connectivity index (χ1) is 7.90. The minimum Gasteiger partial charge on any atom is -0.324 e. The van der Waals surface area contributed by atoms with Gasteiger partial charge < -0.3 is 5.32 Å². The minimum atomic E-state index is -0.852. The molecule has 1 N–H and O–H groups in total. The number of halogens is 1. The molecule has 0 radical (unpaired) electrons. The van der Waals surface area contributed by atoms with E-state index in [1.54, 1.807) is 32.2 Å². The number of nitrogens with one attached hydrogen (secondary N) is 1. The average molecular weight is 254 g/mol. The number of carbonyl (C=O) groups is 2. The molecule has 0 aromatic carbocycles. The van der Waals surface area contributed by atoms with Gasteiger partial charge >= 0.3 is 6.03 Å². The van der Waals surface area contributed by atoms with Crippen molar-refractivity contribution in [3.8, 4) is 0 Å². The molecule has 2 heterocycles. The van der Waals surface area contributed by atoms with Crippen LogP contribution in [0.5, 0.6) is 0 Å². The van der Waals surface area contributed by atoms with E-state index in [1.165, 1.54) is 0 Å². The van der Waals surface area contributed by atoms with Gasteiger partial charge in [-0.2, -0.15) is 0 Å². The summed E-state index contributed by atoms with van der Waals surface area (Å²) in [7, 11) is 0. The Hall–Kier alpha value is -1.62. The highest BCUT2D eigenvalue weighted by Crippen LogP contribution is 2.19. The molecule has 17 heavy (non-hydrogen) atoms. The lowest BCUT2D eigenvalue weighted by molar-refractivity contribution is -0.130. The second-order valence-electron chi connectivity index (χ2n) is 4.41.